The topological polar surface area (TPSA) is 98.0 Å². The highest BCUT2D eigenvalue weighted by molar-refractivity contribution is 7.92. The average Bonchev–Trinajstić information content (AvgIpc) is 3.45. The van der Waals surface area contributed by atoms with Gasteiger partial charge in [0.25, 0.3) is 5.91 Å². The third kappa shape index (κ3) is 4.96. The fraction of sp³-hybridized carbons (Fsp3) is 0.130. The first kappa shape index (κ1) is 22.3. The van der Waals surface area contributed by atoms with Crippen LogP contribution in [0.3, 0.4) is 0 Å². The number of carbonyl (C=O) groups is 1. The lowest BCUT2D eigenvalue weighted by Gasteiger charge is -2.12. The third-order valence-corrected chi connectivity index (χ3v) is 6.30. The van der Waals surface area contributed by atoms with Crippen LogP contribution in [0.1, 0.15) is 23.7 Å². The Balaban J connectivity index is 1.61. The minimum atomic E-state index is -3.40. The number of sulfonamides is 1. The smallest absolute Gasteiger partial charge is 0.261 e. The lowest BCUT2D eigenvalue weighted by Crippen LogP contribution is -2.17. The van der Waals surface area contributed by atoms with Gasteiger partial charge in [-0.2, -0.15) is 5.10 Å². The van der Waals surface area contributed by atoms with E-state index in [-0.39, 0.29) is 17.0 Å². The fourth-order valence-corrected chi connectivity index (χ4v) is 4.48. The van der Waals surface area contributed by atoms with Crippen molar-refractivity contribution in [3.05, 3.63) is 90.6 Å². The van der Waals surface area contributed by atoms with Crippen LogP contribution in [0.15, 0.2) is 79.3 Å². The van der Waals surface area contributed by atoms with Crippen LogP contribution in [0, 0.1) is 5.82 Å². The SMILES string of the molecule is CCCS(=O)(=O)Nc1ccc(NC(=O)c2cnn(-c3ccccc3F)c2-n2cccc2)cc1. The minimum absolute atomic E-state index is 0.0274. The summed E-state index contributed by atoms with van der Waals surface area (Å²) in [5.74, 6) is -0.506. The normalized spacial score (nSPS) is 11.3. The first-order valence-electron chi connectivity index (χ1n) is 10.3. The molecule has 2 heterocycles. The van der Waals surface area contributed by atoms with Gasteiger partial charge in [-0.15, -0.1) is 0 Å². The van der Waals surface area contributed by atoms with Crippen LogP contribution >= 0.6 is 0 Å². The number of halogens is 1. The quantitative estimate of drug-likeness (QED) is 0.406. The number of hydrogen-bond donors (Lipinski definition) is 2. The summed E-state index contributed by atoms with van der Waals surface area (Å²) in [6.07, 6.45) is 5.36. The molecular weight excluding hydrogens is 445 g/mol. The molecule has 0 bridgehead atoms. The van der Waals surface area contributed by atoms with Crippen LogP contribution < -0.4 is 10.0 Å². The second-order valence-corrected chi connectivity index (χ2v) is 9.13. The molecule has 170 valence electrons. The Bertz CT molecular complexity index is 1360. The van der Waals surface area contributed by atoms with E-state index in [0.29, 0.717) is 23.6 Å². The maximum atomic E-state index is 14.4. The maximum Gasteiger partial charge on any atom is 0.261 e. The molecule has 33 heavy (non-hydrogen) atoms. The summed E-state index contributed by atoms with van der Waals surface area (Å²) in [4.78, 5) is 13.1. The zero-order valence-electron chi connectivity index (χ0n) is 17.8. The van der Waals surface area contributed by atoms with Gasteiger partial charge in [0.2, 0.25) is 10.0 Å². The van der Waals surface area contributed by atoms with Crippen LogP contribution in [0.2, 0.25) is 0 Å². The highest BCUT2D eigenvalue weighted by Crippen LogP contribution is 2.23. The van der Waals surface area contributed by atoms with Crippen LogP contribution in [0.25, 0.3) is 11.5 Å². The number of hydrogen-bond acceptors (Lipinski definition) is 4. The van der Waals surface area contributed by atoms with E-state index < -0.39 is 21.7 Å². The predicted octanol–water partition coefficient (Wildman–Crippen LogP) is 4.21. The van der Waals surface area contributed by atoms with Crippen molar-refractivity contribution in [1.29, 1.82) is 0 Å². The number of benzene rings is 2. The van der Waals surface area contributed by atoms with Crippen molar-refractivity contribution in [1.82, 2.24) is 14.3 Å². The van der Waals surface area contributed by atoms with Crippen LogP contribution in [0.4, 0.5) is 15.8 Å². The van der Waals surface area contributed by atoms with Crippen LogP contribution in [-0.2, 0) is 10.0 Å². The summed E-state index contributed by atoms with van der Waals surface area (Å²) in [6.45, 7) is 1.79. The van der Waals surface area contributed by atoms with E-state index in [0.717, 1.165) is 0 Å². The molecule has 4 aromatic rings. The van der Waals surface area contributed by atoms with Gasteiger partial charge in [-0.05, 0) is 55.0 Å². The van der Waals surface area contributed by atoms with Gasteiger partial charge in [0.05, 0.1) is 11.9 Å². The zero-order valence-corrected chi connectivity index (χ0v) is 18.6. The lowest BCUT2D eigenvalue weighted by atomic mass is 10.2. The second kappa shape index (κ2) is 9.29. The van der Waals surface area contributed by atoms with E-state index in [1.165, 1.54) is 16.9 Å². The fourth-order valence-electron chi connectivity index (χ4n) is 3.35. The maximum absolute atomic E-state index is 14.4. The number of anilines is 2. The lowest BCUT2D eigenvalue weighted by molar-refractivity contribution is 0.102. The molecule has 4 rings (SSSR count). The second-order valence-electron chi connectivity index (χ2n) is 7.29. The molecule has 8 nitrogen and oxygen atoms in total. The molecule has 0 atom stereocenters. The number of amides is 1. The standard InChI is InChI=1S/C23H22FN5O3S/c1-2-15-33(31,32)27-18-11-9-17(10-12-18)26-22(30)19-16-25-29(21-8-4-3-7-20(21)24)23(19)28-13-5-6-14-28/h3-14,16,27H,2,15H2,1H3,(H,26,30). The Hall–Kier alpha value is -3.92. The Kier molecular flexibility index (Phi) is 6.27. The molecule has 0 saturated heterocycles. The monoisotopic (exact) mass is 467 g/mol. The Morgan fingerprint density at radius 3 is 2.33 bits per heavy atom. The number of nitrogens with zero attached hydrogens (tertiary/aromatic N) is 3. The Labute approximate surface area is 190 Å². The van der Waals surface area contributed by atoms with Crippen LogP contribution in [0.5, 0.6) is 0 Å². The molecule has 2 N–H and O–H groups in total. The highest BCUT2D eigenvalue weighted by Gasteiger charge is 2.21. The molecule has 0 unspecified atom stereocenters. The molecule has 0 spiro atoms. The van der Waals surface area contributed by atoms with Crippen molar-refractivity contribution < 1.29 is 17.6 Å². The molecule has 0 fully saturated rings. The van der Waals surface area contributed by atoms with Crippen molar-refractivity contribution in [3.8, 4) is 11.5 Å². The predicted molar refractivity (Wildman–Crippen MR) is 125 cm³/mol. The molecule has 10 heteroatoms. The number of nitrogens with one attached hydrogen (secondary N) is 2. The van der Waals surface area contributed by atoms with E-state index in [9.17, 15) is 17.6 Å². The molecule has 1 amide bonds. The molecule has 2 aromatic carbocycles. The summed E-state index contributed by atoms with van der Waals surface area (Å²) in [5.41, 5.74) is 1.32. The molecule has 0 aliphatic rings. The van der Waals surface area contributed by atoms with Crippen molar-refractivity contribution in [2.24, 2.45) is 0 Å². The van der Waals surface area contributed by atoms with Gasteiger partial charge in [-0.25, -0.2) is 17.5 Å². The molecule has 0 aliphatic carbocycles. The van der Waals surface area contributed by atoms with E-state index in [1.54, 1.807) is 78.5 Å². The molecule has 2 aromatic heterocycles. The first-order chi connectivity index (χ1) is 15.9. The minimum Gasteiger partial charge on any atom is -0.322 e. The Morgan fingerprint density at radius 2 is 1.67 bits per heavy atom. The van der Waals surface area contributed by atoms with Gasteiger partial charge in [-0.1, -0.05) is 19.1 Å². The zero-order chi connectivity index (χ0) is 23.4. The largest absolute Gasteiger partial charge is 0.322 e. The molecule has 0 aliphatic heterocycles. The van der Waals surface area contributed by atoms with Gasteiger partial charge >= 0.3 is 0 Å². The van der Waals surface area contributed by atoms with E-state index in [4.69, 9.17) is 0 Å². The summed E-state index contributed by atoms with van der Waals surface area (Å²) >= 11 is 0. The Morgan fingerprint density at radius 1 is 1.00 bits per heavy atom. The van der Waals surface area contributed by atoms with Crippen LogP contribution in [-0.4, -0.2) is 34.4 Å². The van der Waals surface area contributed by atoms with Gasteiger partial charge in [0.15, 0.2) is 5.82 Å². The van der Waals surface area contributed by atoms with Gasteiger partial charge < -0.3 is 9.88 Å². The van der Waals surface area contributed by atoms with Crippen molar-refractivity contribution in [2.75, 3.05) is 15.8 Å². The highest BCUT2D eigenvalue weighted by atomic mass is 32.2. The summed E-state index contributed by atoms with van der Waals surface area (Å²) in [7, 11) is -3.40. The molecule has 0 saturated carbocycles. The molecular formula is C23H22FN5O3S. The summed E-state index contributed by atoms with van der Waals surface area (Å²) in [6, 6.07) is 16.1. The van der Waals surface area contributed by atoms with Crippen molar-refractivity contribution >= 4 is 27.3 Å². The van der Waals surface area contributed by atoms with Gasteiger partial charge in [0.1, 0.15) is 17.1 Å². The van der Waals surface area contributed by atoms with E-state index in [1.807, 2.05) is 0 Å². The first-order valence-corrected chi connectivity index (χ1v) is 11.9. The number of para-hydroxylation sites is 1. The number of carbonyl (C=O) groups excluding carboxylic acids is 1. The summed E-state index contributed by atoms with van der Waals surface area (Å²) in [5, 5.41) is 7.03. The molecule has 0 radical (unpaired) electrons. The van der Waals surface area contributed by atoms with Crippen molar-refractivity contribution in [2.45, 2.75) is 13.3 Å². The summed E-state index contributed by atoms with van der Waals surface area (Å²) < 4.78 is 43.8. The van der Waals surface area contributed by atoms with Gasteiger partial charge in [0, 0.05) is 23.8 Å². The third-order valence-electron chi connectivity index (χ3n) is 4.81. The van der Waals surface area contributed by atoms with Crippen molar-refractivity contribution in [3.63, 3.8) is 0 Å². The number of rotatable bonds is 8. The number of aromatic nitrogens is 3. The van der Waals surface area contributed by atoms with E-state index >= 15 is 0 Å². The van der Waals surface area contributed by atoms with Gasteiger partial charge in [-0.3, -0.25) is 9.52 Å². The van der Waals surface area contributed by atoms with E-state index in [2.05, 4.69) is 15.1 Å². The average molecular weight is 468 g/mol.